The van der Waals surface area contributed by atoms with Gasteiger partial charge < -0.3 is 14.6 Å². The van der Waals surface area contributed by atoms with E-state index in [1.165, 1.54) is 0 Å². The van der Waals surface area contributed by atoms with Crippen molar-refractivity contribution in [1.29, 1.82) is 0 Å². The minimum atomic E-state index is -0.794. The maximum atomic E-state index is 12.4. The van der Waals surface area contributed by atoms with Gasteiger partial charge in [-0.2, -0.15) is 0 Å². The van der Waals surface area contributed by atoms with Crippen LogP contribution in [0.3, 0.4) is 0 Å². The van der Waals surface area contributed by atoms with Gasteiger partial charge >= 0.3 is 5.97 Å². The summed E-state index contributed by atoms with van der Waals surface area (Å²) in [5.74, 6) is -0.294. The fourth-order valence-electron chi connectivity index (χ4n) is 4.34. The third kappa shape index (κ3) is 3.01. The Kier molecular flexibility index (Phi) is 4.78. The molecule has 1 aliphatic rings. The number of carbonyl (C=O) groups is 1. The molecule has 0 unspecified atom stereocenters. The average molecular weight is 374 g/mol. The van der Waals surface area contributed by atoms with Crippen molar-refractivity contribution >= 4 is 5.97 Å². The molecule has 1 N–H and O–H groups in total. The predicted molar refractivity (Wildman–Crippen MR) is 107 cm³/mol. The molecule has 0 heterocycles. The maximum absolute atomic E-state index is 12.4. The predicted octanol–water partition coefficient (Wildman–Crippen LogP) is 4.68. The Morgan fingerprint density at radius 1 is 0.714 bits per heavy atom. The molecule has 3 aromatic rings. The summed E-state index contributed by atoms with van der Waals surface area (Å²) in [6.45, 7) is 0. The summed E-state index contributed by atoms with van der Waals surface area (Å²) in [6.07, 6.45) is 0. The van der Waals surface area contributed by atoms with Crippen LogP contribution in [0.5, 0.6) is 11.5 Å². The molecule has 0 saturated heterocycles. The zero-order chi connectivity index (χ0) is 19.7. The van der Waals surface area contributed by atoms with E-state index in [0.29, 0.717) is 0 Å². The van der Waals surface area contributed by atoms with Gasteiger partial charge in [-0.05, 0) is 46.5 Å². The molecule has 4 heteroatoms. The molecule has 28 heavy (non-hydrogen) atoms. The fraction of sp³-hybridized carbons (Fsp3) is 0.208. The summed E-state index contributed by atoms with van der Waals surface area (Å²) in [7, 11) is 3.25. The van der Waals surface area contributed by atoms with Gasteiger partial charge in [-0.3, -0.25) is 4.79 Å². The van der Waals surface area contributed by atoms with E-state index in [9.17, 15) is 9.90 Å². The van der Waals surface area contributed by atoms with E-state index >= 15 is 0 Å². The van der Waals surface area contributed by atoms with Gasteiger partial charge in [0.05, 0.1) is 20.1 Å². The molecule has 0 amide bonds. The SMILES string of the molecule is COc1ccc([C@H]2c3ccccc3[C@H](c3ccc(OC)cc3)C2C(=O)O)cc1. The number of aliphatic carboxylic acids is 1. The van der Waals surface area contributed by atoms with Crippen LogP contribution in [0.4, 0.5) is 0 Å². The van der Waals surface area contributed by atoms with Crippen LogP contribution in [-0.2, 0) is 4.79 Å². The highest BCUT2D eigenvalue weighted by atomic mass is 16.5. The van der Waals surface area contributed by atoms with Gasteiger partial charge in [0.2, 0.25) is 0 Å². The van der Waals surface area contributed by atoms with E-state index in [1.54, 1.807) is 14.2 Å². The number of carboxylic acids is 1. The first-order valence-corrected chi connectivity index (χ1v) is 9.23. The highest BCUT2D eigenvalue weighted by Gasteiger charge is 2.46. The first kappa shape index (κ1) is 18.1. The quantitative estimate of drug-likeness (QED) is 0.704. The molecule has 0 spiro atoms. The van der Waals surface area contributed by atoms with Crippen molar-refractivity contribution in [2.45, 2.75) is 11.8 Å². The van der Waals surface area contributed by atoms with Crippen molar-refractivity contribution < 1.29 is 19.4 Å². The molecule has 4 nitrogen and oxygen atoms in total. The van der Waals surface area contributed by atoms with E-state index in [4.69, 9.17) is 9.47 Å². The molecule has 0 radical (unpaired) electrons. The number of hydrogen-bond acceptors (Lipinski definition) is 3. The first-order valence-electron chi connectivity index (χ1n) is 9.23. The van der Waals surface area contributed by atoms with Gasteiger partial charge in [0.1, 0.15) is 11.5 Å². The largest absolute Gasteiger partial charge is 0.497 e. The van der Waals surface area contributed by atoms with Crippen molar-refractivity contribution in [2.75, 3.05) is 14.2 Å². The Balaban J connectivity index is 1.85. The van der Waals surface area contributed by atoms with Crippen LogP contribution < -0.4 is 9.47 Å². The minimum Gasteiger partial charge on any atom is -0.497 e. The van der Waals surface area contributed by atoms with Crippen LogP contribution in [0.2, 0.25) is 0 Å². The molecule has 0 aromatic heterocycles. The van der Waals surface area contributed by atoms with Crippen molar-refractivity contribution in [1.82, 2.24) is 0 Å². The molecule has 2 atom stereocenters. The Hall–Kier alpha value is -3.27. The number of benzene rings is 3. The molecule has 0 bridgehead atoms. The normalized spacial score (nSPS) is 18.5. The highest BCUT2D eigenvalue weighted by Crippen LogP contribution is 2.52. The number of ether oxygens (including phenoxy) is 2. The van der Waals surface area contributed by atoms with Gasteiger partial charge in [-0.15, -0.1) is 0 Å². The van der Waals surface area contributed by atoms with Gasteiger partial charge in [-0.1, -0.05) is 48.5 Å². The van der Waals surface area contributed by atoms with Gasteiger partial charge in [-0.25, -0.2) is 0 Å². The topological polar surface area (TPSA) is 55.8 Å². The molecule has 142 valence electrons. The van der Waals surface area contributed by atoms with Crippen molar-refractivity contribution in [3.05, 3.63) is 95.1 Å². The fourth-order valence-corrected chi connectivity index (χ4v) is 4.34. The molecule has 0 aliphatic heterocycles. The van der Waals surface area contributed by atoms with Crippen molar-refractivity contribution in [3.63, 3.8) is 0 Å². The second-order valence-electron chi connectivity index (χ2n) is 6.99. The second kappa shape index (κ2) is 7.39. The molecule has 0 saturated carbocycles. The van der Waals surface area contributed by atoms with Crippen LogP contribution in [0.15, 0.2) is 72.8 Å². The van der Waals surface area contributed by atoms with Crippen molar-refractivity contribution in [2.24, 2.45) is 5.92 Å². The number of rotatable bonds is 5. The molecule has 0 fully saturated rings. The van der Waals surface area contributed by atoms with Crippen LogP contribution in [0.25, 0.3) is 0 Å². The average Bonchev–Trinajstić information content (AvgIpc) is 3.09. The monoisotopic (exact) mass is 374 g/mol. The molecular formula is C24H22O4. The van der Waals surface area contributed by atoms with Crippen molar-refractivity contribution in [3.8, 4) is 11.5 Å². The van der Waals surface area contributed by atoms with E-state index < -0.39 is 11.9 Å². The molecule has 3 aromatic carbocycles. The van der Waals surface area contributed by atoms with Crippen LogP contribution in [-0.4, -0.2) is 25.3 Å². The first-order chi connectivity index (χ1) is 13.6. The Morgan fingerprint density at radius 2 is 1.11 bits per heavy atom. The van der Waals surface area contributed by atoms with E-state index in [2.05, 4.69) is 0 Å². The molecule has 4 rings (SSSR count). The summed E-state index contributed by atoms with van der Waals surface area (Å²) >= 11 is 0. The van der Waals surface area contributed by atoms with Gasteiger partial charge in [0.25, 0.3) is 0 Å². The smallest absolute Gasteiger partial charge is 0.308 e. The van der Waals surface area contributed by atoms with Crippen LogP contribution in [0, 0.1) is 5.92 Å². The zero-order valence-electron chi connectivity index (χ0n) is 15.8. The lowest BCUT2D eigenvalue weighted by atomic mass is 9.79. The zero-order valence-corrected chi connectivity index (χ0v) is 15.8. The maximum Gasteiger partial charge on any atom is 0.308 e. The Morgan fingerprint density at radius 3 is 1.43 bits per heavy atom. The lowest BCUT2D eigenvalue weighted by Crippen LogP contribution is -2.23. The van der Waals surface area contributed by atoms with Gasteiger partial charge in [0, 0.05) is 11.8 Å². The lowest BCUT2D eigenvalue weighted by Gasteiger charge is -2.23. The number of fused-ring (bicyclic) bond motifs is 1. The molecular weight excluding hydrogens is 352 g/mol. The highest BCUT2D eigenvalue weighted by molar-refractivity contribution is 5.77. The summed E-state index contributed by atoms with van der Waals surface area (Å²) in [5, 5.41) is 10.2. The number of methoxy groups -OCH3 is 2. The second-order valence-corrected chi connectivity index (χ2v) is 6.99. The third-order valence-corrected chi connectivity index (χ3v) is 5.62. The summed E-state index contributed by atoms with van der Waals surface area (Å²) in [4.78, 5) is 12.4. The van der Waals surface area contributed by atoms with E-state index in [0.717, 1.165) is 33.8 Å². The van der Waals surface area contributed by atoms with Crippen LogP contribution in [0.1, 0.15) is 34.1 Å². The van der Waals surface area contributed by atoms with E-state index in [-0.39, 0.29) is 11.8 Å². The summed E-state index contributed by atoms with van der Waals surface area (Å²) in [5.41, 5.74) is 4.11. The Labute approximate surface area is 164 Å². The summed E-state index contributed by atoms with van der Waals surface area (Å²) < 4.78 is 10.5. The van der Waals surface area contributed by atoms with Crippen LogP contribution >= 0.6 is 0 Å². The summed E-state index contributed by atoms with van der Waals surface area (Å²) in [6, 6.07) is 23.4. The lowest BCUT2D eigenvalue weighted by molar-refractivity contribution is -0.142. The minimum absolute atomic E-state index is 0.216. The van der Waals surface area contributed by atoms with Gasteiger partial charge in [0.15, 0.2) is 0 Å². The third-order valence-electron chi connectivity index (χ3n) is 5.62. The number of carboxylic acid groups (broad SMARTS) is 1. The number of hydrogen-bond donors (Lipinski definition) is 1. The van der Waals surface area contributed by atoms with E-state index in [1.807, 2.05) is 72.8 Å². The Bertz CT molecular complexity index is 902. The molecule has 1 aliphatic carbocycles. The standard InChI is InChI=1S/C24H22O4/c1-27-17-11-7-15(8-12-17)21-19-5-3-4-6-20(19)22(23(21)24(25)26)16-9-13-18(28-2)14-10-16/h3-14,21-23H,1-2H3,(H,25,26)/t21-,22-/m0/s1.